The molecule has 3 N–H and O–H groups in total. The van der Waals surface area contributed by atoms with Crippen molar-refractivity contribution in [3.05, 3.63) is 16.2 Å². The molecule has 1 aromatic rings. The summed E-state index contributed by atoms with van der Waals surface area (Å²) in [5.74, 6) is 0.800. The fourth-order valence-corrected chi connectivity index (χ4v) is 0.993. The largest absolute Gasteiger partial charge is 0.384 e. The van der Waals surface area contributed by atoms with Gasteiger partial charge >= 0.3 is 5.69 Å². The van der Waals surface area contributed by atoms with E-state index in [0.29, 0.717) is 5.82 Å². The first kappa shape index (κ1) is 7.91. The number of H-pyrrole nitrogens is 1. The zero-order chi connectivity index (χ0) is 8.59. The Kier molecular flexibility index (Phi) is 1.76. The lowest BCUT2D eigenvalue weighted by Gasteiger charge is -2.01. The molecular formula is C7H13N3O. The molecule has 0 aliphatic heterocycles. The van der Waals surface area contributed by atoms with Crippen molar-refractivity contribution in [3.63, 3.8) is 0 Å². The van der Waals surface area contributed by atoms with Crippen molar-refractivity contribution in [2.24, 2.45) is 7.05 Å². The molecule has 0 radical (unpaired) electrons. The Labute approximate surface area is 65.0 Å². The number of anilines is 1. The first-order valence-corrected chi connectivity index (χ1v) is 3.58. The van der Waals surface area contributed by atoms with Crippen LogP contribution in [0.1, 0.15) is 25.5 Å². The first-order chi connectivity index (χ1) is 5.04. The molecule has 11 heavy (non-hydrogen) atoms. The number of hydrogen-bond donors (Lipinski definition) is 2. The van der Waals surface area contributed by atoms with Crippen LogP contribution in [0.2, 0.25) is 0 Å². The molecule has 0 aliphatic rings. The minimum atomic E-state index is -0.147. The van der Waals surface area contributed by atoms with Crippen LogP contribution < -0.4 is 11.4 Å². The van der Waals surface area contributed by atoms with Crippen LogP contribution in [0.3, 0.4) is 0 Å². The maximum Gasteiger partial charge on any atom is 0.327 e. The number of hydrogen-bond acceptors (Lipinski definition) is 2. The number of nitrogens with zero attached hydrogens (tertiary/aromatic N) is 1. The highest BCUT2D eigenvalue weighted by Gasteiger charge is 2.09. The highest BCUT2D eigenvalue weighted by Crippen LogP contribution is 2.15. The smallest absolute Gasteiger partial charge is 0.327 e. The molecule has 62 valence electrons. The van der Waals surface area contributed by atoms with Crippen LogP contribution >= 0.6 is 0 Å². The molecule has 0 aliphatic carbocycles. The van der Waals surface area contributed by atoms with Gasteiger partial charge in [-0.25, -0.2) is 4.79 Å². The van der Waals surface area contributed by atoms with E-state index in [1.807, 2.05) is 13.8 Å². The summed E-state index contributed by atoms with van der Waals surface area (Å²) < 4.78 is 1.41. The molecule has 1 rings (SSSR count). The lowest BCUT2D eigenvalue weighted by molar-refractivity contribution is 0.832. The second kappa shape index (κ2) is 2.45. The highest BCUT2D eigenvalue weighted by molar-refractivity contribution is 5.37. The maximum absolute atomic E-state index is 11.0. The van der Waals surface area contributed by atoms with Crippen LogP contribution in [0.15, 0.2) is 4.79 Å². The van der Waals surface area contributed by atoms with Gasteiger partial charge in [0, 0.05) is 7.05 Å². The number of nitrogen functional groups attached to an aromatic ring is 1. The second-order valence-corrected chi connectivity index (χ2v) is 2.94. The van der Waals surface area contributed by atoms with Crippen LogP contribution in [-0.2, 0) is 7.05 Å². The van der Waals surface area contributed by atoms with Crippen molar-refractivity contribution in [3.8, 4) is 0 Å². The van der Waals surface area contributed by atoms with Crippen molar-refractivity contribution < 1.29 is 0 Å². The van der Waals surface area contributed by atoms with Gasteiger partial charge in [-0.15, -0.1) is 0 Å². The topological polar surface area (TPSA) is 63.8 Å². The van der Waals surface area contributed by atoms with Crippen LogP contribution in [0.25, 0.3) is 0 Å². The molecule has 0 bridgehead atoms. The summed E-state index contributed by atoms with van der Waals surface area (Å²) in [5, 5.41) is 0. The van der Waals surface area contributed by atoms with E-state index in [-0.39, 0.29) is 11.6 Å². The summed E-state index contributed by atoms with van der Waals surface area (Å²) in [6.45, 7) is 3.98. The molecule has 0 amide bonds. The summed E-state index contributed by atoms with van der Waals surface area (Å²) in [4.78, 5) is 13.7. The van der Waals surface area contributed by atoms with E-state index >= 15 is 0 Å². The fraction of sp³-hybridized carbons (Fsp3) is 0.571. The van der Waals surface area contributed by atoms with Crippen molar-refractivity contribution in [1.29, 1.82) is 0 Å². The van der Waals surface area contributed by atoms with E-state index in [4.69, 9.17) is 5.73 Å². The van der Waals surface area contributed by atoms with E-state index in [2.05, 4.69) is 4.98 Å². The quantitative estimate of drug-likeness (QED) is 0.617. The van der Waals surface area contributed by atoms with Gasteiger partial charge in [-0.3, -0.25) is 4.57 Å². The maximum atomic E-state index is 11.0. The van der Waals surface area contributed by atoms with Crippen molar-refractivity contribution in [2.75, 3.05) is 5.73 Å². The van der Waals surface area contributed by atoms with Crippen LogP contribution in [0.4, 0.5) is 5.82 Å². The van der Waals surface area contributed by atoms with Gasteiger partial charge in [-0.2, -0.15) is 0 Å². The van der Waals surface area contributed by atoms with E-state index in [1.165, 1.54) is 4.57 Å². The SMILES string of the molecule is CC(C)c1[nH]c(=O)n(C)c1N. The van der Waals surface area contributed by atoms with Gasteiger partial charge in [-0.1, -0.05) is 13.8 Å². The molecule has 0 spiro atoms. The predicted octanol–water partition coefficient (Wildman–Crippen LogP) is 0.419. The Morgan fingerprint density at radius 3 is 2.27 bits per heavy atom. The van der Waals surface area contributed by atoms with Gasteiger partial charge in [0.25, 0.3) is 0 Å². The van der Waals surface area contributed by atoms with Crippen LogP contribution in [0, 0.1) is 0 Å². The molecule has 0 saturated heterocycles. The molecule has 4 nitrogen and oxygen atoms in total. The molecule has 0 saturated carbocycles. The average Bonchev–Trinajstić information content (AvgIpc) is 2.17. The molecule has 1 aromatic heterocycles. The van der Waals surface area contributed by atoms with Gasteiger partial charge in [0.15, 0.2) is 0 Å². The molecule has 0 unspecified atom stereocenters. The third kappa shape index (κ3) is 1.15. The van der Waals surface area contributed by atoms with Crippen molar-refractivity contribution in [1.82, 2.24) is 9.55 Å². The van der Waals surface area contributed by atoms with E-state index in [9.17, 15) is 4.79 Å². The fourth-order valence-electron chi connectivity index (χ4n) is 0.993. The molecule has 1 heterocycles. The van der Waals surface area contributed by atoms with Gasteiger partial charge in [-0.05, 0) is 5.92 Å². The van der Waals surface area contributed by atoms with E-state index in [0.717, 1.165) is 5.69 Å². The zero-order valence-corrected chi connectivity index (χ0v) is 7.01. The minimum absolute atomic E-state index is 0.147. The van der Waals surface area contributed by atoms with Crippen molar-refractivity contribution >= 4 is 5.82 Å². The lowest BCUT2D eigenvalue weighted by Crippen LogP contribution is -2.13. The molecule has 0 atom stereocenters. The minimum Gasteiger partial charge on any atom is -0.384 e. The van der Waals surface area contributed by atoms with Crippen LogP contribution in [0.5, 0.6) is 0 Å². The number of imidazole rings is 1. The molecule has 0 aromatic carbocycles. The molecule has 0 fully saturated rings. The summed E-state index contributed by atoms with van der Waals surface area (Å²) in [5.41, 5.74) is 6.31. The Hall–Kier alpha value is -1.19. The average molecular weight is 155 g/mol. The van der Waals surface area contributed by atoms with Crippen molar-refractivity contribution in [2.45, 2.75) is 19.8 Å². The molecular weight excluding hydrogens is 142 g/mol. The van der Waals surface area contributed by atoms with E-state index < -0.39 is 0 Å². The second-order valence-electron chi connectivity index (χ2n) is 2.94. The van der Waals surface area contributed by atoms with Gasteiger partial charge in [0.05, 0.1) is 5.69 Å². The monoisotopic (exact) mass is 155 g/mol. The van der Waals surface area contributed by atoms with Crippen LogP contribution in [-0.4, -0.2) is 9.55 Å². The number of nitrogens with two attached hydrogens (primary N) is 1. The lowest BCUT2D eigenvalue weighted by atomic mass is 10.1. The third-order valence-corrected chi connectivity index (χ3v) is 1.76. The summed E-state index contributed by atoms with van der Waals surface area (Å²) in [6.07, 6.45) is 0. The Morgan fingerprint density at radius 2 is 2.09 bits per heavy atom. The number of rotatable bonds is 1. The number of nitrogens with one attached hydrogen (secondary N) is 1. The summed E-state index contributed by atoms with van der Waals surface area (Å²) in [7, 11) is 1.65. The summed E-state index contributed by atoms with van der Waals surface area (Å²) in [6, 6.07) is 0. The first-order valence-electron chi connectivity index (χ1n) is 3.58. The number of aromatic nitrogens is 2. The zero-order valence-electron chi connectivity index (χ0n) is 7.01. The third-order valence-electron chi connectivity index (χ3n) is 1.76. The standard InChI is InChI=1S/C7H13N3O/c1-4(2)5-6(8)10(3)7(11)9-5/h4H,8H2,1-3H3,(H,9,11). The predicted molar refractivity (Wildman–Crippen MR) is 44.5 cm³/mol. The van der Waals surface area contributed by atoms with Gasteiger partial charge < -0.3 is 10.7 Å². The van der Waals surface area contributed by atoms with Gasteiger partial charge in [0.2, 0.25) is 0 Å². The van der Waals surface area contributed by atoms with Gasteiger partial charge in [0.1, 0.15) is 5.82 Å². The normalized spacial score (nSPS) is 10.9. The Bertz CT molecular complexity index is 308. The highest BCUT2D eigenvalue weighted by atomic mass is 16.1. The number of aromatic amines is 1. The van der Waals surface area contributed by atoms with E-state index in [1.54, 1.807) is 7.05 Å². The Morgan fingerprint density at radius 1 is 1.55 bits per heavy atom. The Balaban J connectivity index is 3.30. The molecule has 4 heteroatoms. The summed E-state index contributed by atoms with van der Waals surface area (Å²) >= 11 is 0.